The van der Waals surface area contributed by atoms with Gasteiger partial charge in [-0.2, -0.15) is 0 Å². The Bertz CT molecular complexity index is 282. The number of hydrogen-bond donors (Lipinski definition) is 1. The van der Waals surface area contributed by atoms with E-state index in [1.54, 1.807) is 7.11 Å². The standard InChI is InChI=1S/C12H20N2OS/c1-3-11(13)12(16-9-8-15-2)10-4-6-14-7-5-10/h4-7,11-12H,3,8-9,13H2,1-2H3. The van der Waals surface area contributed by atoms with Crippen LogP contribution in [0.25, 0.3) is 0 Å². The summed E-state index contributed by atoms with van der Waals surface area (Å²) in [4.78, 5) is 4.03. The summed E-state index contributed by atoms with van der Waals surface area (Å²) in [6, 6.07) is 4.27. The summed E-state index contributed by atoms with van der Waals surface area (Å²) < 4.78 is 5.07. The van der Waals surface area contributed by atoms with Crippen molar-refractivity contribution in [3.63, 3.8) is 0 Å². The van der Waals surface area contributed by atoms with Gasteiger partial charge in [0.15, 0.2) is 0 Å². The van der Waals surface area contributed by atoms with Gasteiger partial charge in [0.05, 0.1) is 6.61 Å². The molecule has 2 N–H and O–H groups in total. The van der Waals surface area contributed by atoms with E-state index in [2.05, 4.69) is 11.9 Å². The van der Waals surface area contributed by atoms with Gasteiger partial charge < -0.3 is 10.5 Å². The second-order valence-electron chi connectivity index (χ2n) is 3.64. The molecule has 2 atom stereocenters. The van der Waals surface area contributed by atoms with E-state index in [1.165, 1.54) is 5.56 Å². The number of ether oxygens (including phenoxy) is 1. The van der Waals surface area contributed by atoms with Gasteiger partial charge in [0.2, 0.25) is 0 Å². The second kappa shape index (κ2) is 7.65. The van der Waals surface area contributed by atoms with Crippen LogP contribution in [0.3, 0.4) is 0 Å². The summed E-state index contributed by atoms with van der Waals surface area (Å²) in [6.07, 6.45) is 4.62. The molecule has 0 aliphatic heterocycles. The maximum Gasteiger partial charge on any atom is 0.0553 e. The summed E-state index contributed by atoms with van der Waals surface area (Å²) in [5.41, 5.74) is 7.40. The van der Waals surface area contributed by atoms with Crippen molar-refractivity contribution in [3.8, 4) is 0 Å². The Hall–Kier alpha value is -0.580. The molecule has 0 saturated heterocycles. The van der Waals surface area contributed by atoms with E-state index in [-0.39, 0.29) is 6.04 Å². The van der Waals surface area contributed by atoms with Gasteiger partial charge in [-0.3, -0.25) is 4.98 Å². The molecule has 0 aromatic carbocycles. The molecule has 4 heteroatoms. The number of thioether (sulfide) groups is 1. The molecule has 1 aromatic heterocycles. The zero-order valence-electron chi connectivity index (χ0n) is 9.93. The highest BCUT2D eigenvalue weighted by molar-refractivity contribution is 7.99. The van der Waals surface area contributed by atoms with Crippen LogP contribution in [-0.4, -0.2) is 30.5 Å². The van der Waals surface area contributed by atoms with Crippen molar-refractivity contribution in [2.75, 3.05) is 19.5 Å². The lowest BCUT2D eigenvalue weighted by atomic mass is 10.1. The molecular weight excluding hydrogens is 220 g/mol. The molecule has 0 aliphatic carbocycles. The Morgan fingerprint density at radius 1 is 1.44 bits per heavy atom. The molecule has 0 amide bonds. The molecule has 0 fully saturated rings. The van der Waals surface area contributed by atoms with E-state index in [9.17, 15) is 0 Å². The molecule has 0 saturated carbocycles. The van der Waals surface area contributed by atoms with Crippen LogP contribution in [0.15, 0.2) is 24.5 Å². The molecule has 0 radical (unpaired) electrons. The predicted molar refractivity (Wildman–Crippen MR) is 69.6 cm³/mol. The van der Waals surface area contributed by atoms with Crippen LogP contribution in [-0.2, 0) is 4.74 Å². The number of hydrogen-bond acceptors (Lipinski definition) is 4. The maximum atomic E-state index is 6.15. The minimum Gasteiger partial charge on any atom is -0.384 e. The first-order valence-corrected chi connectivity index (χ1v) is 6.60. The molecule has 0 spiro atoms. The second-order valence-corrected chi connectivity index (χ2v) is 4.89. The van der Waals surface area contributed by atoms with Crippen molar-refractivity contribution in [2.24, 2.45) is 5.73 Å². The Kier molecular flexibility index (Phi) is 6.45. The molecule has 1 rings (SSSR count). The van der Waals surface area contributed by atoms with E-state index in [4.69, 9.17) is 10.5 Å². The van der Waals surface area contributed by atoms with Crippen molar-refractivity contribution in [3.05, 3.63) is 30.1 Å². The molecule has 3 nitrogen and oxygen atoms in total. The average molecular weight is 240 g/mol. The highest BCUT2D eigenvalue weighted by atomic mass is 32.2. The van der Waals surface area contributed by atoms with Crippen LogP contribution in [0.5, 0.6) is 0 Å². The van der Waals surface area contributed by atoms with Crippen LogP contribution in [0, 0.1) is 0 Å². The third kappa shape index (κ3) is 4.12. The van der Waals surface area contributed by atoms with E-state index in [0.717, 1.165) is 18.8 Å². The van der Waals surface area contributed by atoms with E-state index in [0.29, 0.717) is 5.25 Å². The first-order valence-electron chi connectivity index (χ1n) is 5.55. The van der Waals surface area contributed by atoms with Crippen molar-refractivity contribution in [2.45, 2.75) is 24.6 Å². The Morgan fingerprint density at radius 3 is 2.69 bits per heavy atom. The highest BCUT2D eigenvalue weighted by Gasteiger charge is 2.18. The SMILES string of the molecule is CCC(N)C(SCCOC)c1ccncc1. The van der Waals surface area contributed by atoms with E-state index in [1.807, 2.05) is 36.3 Å². The van der Waals surface area contributed by atoms with Gasteiger partial charge in [0, 0.05) is 36.5 Å². The Labute approximate surface area is 102 Å². The lowest BCUT2D eigenvalue weighted by Crippen LogP contribution is -2.26. The summed E-state index contributed by atoms with van der Waals surface area (Å²) in [5, 5.41) is 0.336. The van der Waals surface area contributed by atoms with Crippen LogP contribution >= 0.6 is 11.8 Å². The molecule has 0 aliphatic rings. The summed E-state index contributed by atoms with van der Waals surface area (Å²) in [7, 11) is 1.72. The molecule has 16 heavy (non-hydrogen) atoms. The van der Waals surface area contributed by atoms with Gasteiger partial charge in [-0.05, 0) is 24.1 Å². The zero-order chi connectivity index (χ0) is 11.8. The minimum atomic E-state index is 0.184. The summed E-state index contributed by atoms with van der Waals surface area (Å²) in [6.45, 7) is 2.89. The van der Waals surface area contributed by atoms with Gasteiger partial charge in [-0.1, -0.05) is 6.92 Å². The number of methoxy groups -OCH3 is 1. The molecule has 90 valence electrons. The van der Waals surface area contributed by atoms with Gasteiger partial charge in [-0.15, -0.1) is 11.8 Å². The third-order valence-electron chi connectivity index (χ3n) is 2.48. The fourth-order valence-electron chi connectivity index (χ4n) is 1.49. The first kappa shape index (κ1) is 13.5. The molecule has 0 bridgehead atoms. The first-order chi connectivity index (χ1) is 7.79. The van der Waals surface area contributed by atoms with Gasteiger partial charge >= 0.3 is 0 Å². The Balaban J connectivity index is 2.64. The topological polar surface area (TPSA) is 48.1 Å². The smallest absolute Gasteiger partial charge is 0.0553 e. The van der Waals surface area contributed by atoms with Gasteiger partial charge in [0.25, 0.3) is 0 Å². The van der Waals surface area contributed by atoms with Crippen LogP contribution in [0.2, 0.25) is 0 Å². The maximum absolute atomic E-state index is 6.15. The molecular formula is C12H20N2OS. The van der Waals surface area contributed by atoms with E-state index < -0.39 is 0 Å². The zero-order valence-corrected chi connectivity index (χ0v) is 10.7. The van der Waals surface area contributed by atoms with Crippen molar-refractivity contribution < 1.29 is 4.74 Å². The van der Waals surface area contributed by atoms with Crippen LogP contribution < -0.4 is 5.73 Å². The normalized spacial score (nSPS) is 14.7. The van der Waals surface area contributed by atoms with Gasteiger partial charge in [-0.25, -0.2) is 0 Å². The number of aromatic nitrogens is 1. The molecule has 1 aromatic rings. The minimum absolute atomic E-state index is 0.184. The molecule has 1 heterocycles. The van der Waals surface area contributed by atoms with Gasteiger partial charge in [0.1, 0.15) is 0 Å². The monoisotopic (exact) mass is 240 g/mol. The lowest BCUT2D eigenvalue weighted by Gasteiger charge is -2.22. The highest BCUT2D eigenvalue weighted by Crippen LogP contribution is 2.31. The molecule has 2 unspecified atom stereocenters. The largest absolute Gasteiger partial charge is 0.384 e. The lowest BCUT2D eigenvalue weighted by molar-refractivity contribution is 0.218. The fourth-order valence-corrected chi connectivity index (χ4v) is 2.80. The van der Waals surface area contributed by atoms with Crippen molar-refractivity contribution in [1.82, 2.24) is 4.98 Å². The van der Waals surface area contributed by atoms with Crippen molar-refractivity contribution >= 4 is 11.8 Å². The van der Waals surface area contributed by atoms with E-state index >= 15 is 0 Å². The number of pyridine rings is 1. The van der Waals surface area contributed by atoms with Crippen LogP contribution in [0.1, 0.15) is 24.2 Å². The quantitative estimate of drug-likeness (QED) is 0.743. The number of rotatable bonds is 7. The average Bonchev–Trinajstić information content (AvgIpc) is 2.35. The van der Waals surface area contributed by atoms with Crippen molar-refractivity contribution in [1.29, 1.82) is 0 Å². The fraction of sp³-hybridized carbons (Fsp3) is 0.583. The summed E-state index contributed by atoms with van der Waals surface area (Å²) in [5.74, 6) is 0.969. The Morgan fingerprint density at radius 2 is 2.12 bits per heavy atom. The number of nitrogens with two attached hydrogens (primary N) is 1. The summed E-state index contributed by atoms with van der Waals surface area (Å²) >= 11 is 1.85. The third-order valence-corrected chi connectivity index (χ3v) is 3.86. The van der Waals surface area contributed by atoms with Crippen LogP contribution in [0.4, 0.5) is 0 Å². The number of nitrogens with zero attached hydrogens (tertiary/aromatic N) is 1. The predicted octanol–water partition coefficient (Wildman–Crippen LogP) is 2.24.